The molecule has 0 unspecified atom stereocenters. The number of benzene rings is 2. The van der Waals surface area contributed by atoms with E-state index in [9.17, 15) is 10.2 Å². The topological polar surface area (TPSA) is 58.7 Å². The average Bonchev–Trinajstić information content (AvgIpc) is 3.50. The van der Waals surface area contributed by atoms with Crippen LogP contribution in [0.1, 0.15) is 142 Å². The lowest BCUT2D eigenvalue weighted by molar-refractivity contribution is -0.401. The van der Waals surface area contributed by atoms with Gasteiger partial charge >= 0.3 is 0 Å². The van der Waals surface area contributed by atoms with Gasteiger partial charge in [-0.1, -0.05) is 146 Å². The lowest BCUT2D eigenvalue weighted by atomic mass is 9.81. The first-order valence-corrected chi connectivity index (χ1v) is 21.6. The van der Waals surface area contributed by atoms with Crippen molar-refractivity contribution in [2.75, 3.05) is 25.6 Å². The second kappa shape index (κ2) is 20.0. The van der Waals surface area contributed by atoms with Crippen molar-refractivity contribution in [3.05, 3.63) is 119 Å². The van der Waals surface area contributed by atoms with Crippen molar-refractivity contribution in [2.24, 2.45) is 0 Å². The fourth-order valence-corrected chi connectivity index (χ4v) is 9.13. The molecular formula is C50H72N3O2+. The molecule has 0 radical (unpaired) electrons. The molecule has 0 saturated carbocycles. The fraction of sp³-hybridized carbons (Fsp3) is 0.540. The van der Waals surface area contributed by atoms with Gasteiger partial charge in [0.1, 0.15) is 7.05 Å². The minimum Gasteiger partial charge on any atom is -0.394 e. The Morgan fingerprint density at radius 1 is 0.800 bits per heavy atom. The number of aliphatic hydroxyl groups is 2. The van der Waals surface area contributed by atoms with Crippen LogP contribution in [0.25, 0.3) is 0 Å². The van der Waals surface area contributed by atoms with Gasteiger partial charge in [0.2, 0.25) is 5.69 Å². The van der Waals surface area contributed by atoms with E-state index < -0.39 is 12.1 Å². The third-order valence-corrected chi connectivity index (χ3v) is 12.5. The van der Waals surface area contributed by atoms with Crippen LogP contribution in [-0.2, 0) is 10.8 Å². The summed E-state index contributed by atoms with van der Waals surface area (Å²) < 4.78 is 2.32. The molecule has 0 saturated heterocycles. The van der Waals surface area contributed by atoms with Crippen molar-refractivity contribution in [2.45, 2.75) is 154 Å². The van der Waals surface area contributed by atoms with E-state index in [1.54, 1.807) is 0 Å². The average molecular weight is 747 g/mol. The lowest BCUT2D eigenvalue weighted by Gasteiger charge is -2.29. The number of anilines is 1. The Bertz CT molecular complexity index is 1770. The molecule has 3 aliphatic rings. The van der Waals surface area contributed by atoms with E-state index in [0.29, 0.717) is 0 Å². The van der Waals surface area contributed by atoms with Crippen molar-refractivity contribution < 1.29 is 14.8 Å². The maximum Gasteiger partial charge on any atom is 0.209 e. The van der Waals surface area contributed by atoms with Crippen LogP contribution in [0.4, 0.5) is 11.4 Å². The van der Waals surface area contributed by atoms with Gasteiger partial charge in [-0.15, -0.1) is 0 Å². The van der Waals surface area contributed by atoms with Gasteiger partial charge in [-0.3, -0.25) is 0 Å². The number of nitrogens with one attached hydrogen (secondary N) is 1. The highest BCUT2D eigenvalue weighted by Gasteiger charge is 2.42. The quantitative estimate of drug-likeness (QED) is 0.0717. The third-order valence-electron chi connectivity index (χ3n) is 12.5. The molecule has 5 nitrogen and oxygen atoms in total. The van der Waals surface area contributed by atoms with Crippen LogP contribution in [0.5, 0.6) is 0 Å². The number of unbranched alkanes of at least 4 members (excludes halogenated alkanes) is 11. The Balaban J connectivity index is 1.32. The highest BCUT2D eigenvalue weighted by atomic mass is 16.3. The second-order valence-corrected chi connectivity index (χ2v) is 17.3. The van der Waals surface area contributed by atoms with Crippen molar-refractivity contribution in [3.63, 3.8) is 0 Å². The number of hydrogen-bond donors (Lipinski definition) is 3. The van der Waals surface area contributed by atoms with E-state index in [-0.39, 0.29) is 17.4 Å². The zero-order chi connectivity index (χ0) is 39.4. The largest absolute Gasteiger partial charge is 0.394 e. The first kappa shape index (κ1) is 42.5. The third kappa shape index (κ3) is 10.2. The zero-order valence-corrected chi connectivity index (χ0v) is 35.3. The molecule has 55 heavy (non-hydrogen) atoms. The first-order valence-electron chi connectivity index (χ1n) is 21.6. The Hall–Kier alpha value is -3.67. The van der Waals surface area contributed by atoms with Gasteiger partial charge in [-0.05, 0) is 74.8 Å². The molecule has 2 aliphatic heterocycles. The standard InChI is InChI=1S/C50H71N3O2/c1-8-9-10-11-12-13-14-15-16-17-18-19-20-32-45(55)42(37-54)51-48-38(33-35-46-49(2,3)40-28-21-23-30-43(40)52(46)6)26-25-27-39(48)34-36-47-50(4,5)41-29-22-24-31-44(41)53(47)7/h20-24,28-36,42,45,54-55H,8-19,25-27,37H2,1-7H3/p+1/b32-20+,38-33?,46-35?/t42-,45+/m1/s1. The molecule has 0 fully saturated rings. The zero-order valence-electron chi connectivity index (χ0n) is 35.3. The summed E-state index contributed by atoms with van der Waals surface area (Å²) in [4.78, 5) is 2.32. The van der Waals surface area contributed by atoms with E-state index in [1.807, 2.05) is 6.08 Å². The minimum absolute atomic E-state index is 0.121. The number of nitrogens with zero attached hydrogens (tertiary/aromatic N) is 2. The summed E-state index contributed by atoms with van der Waals surface area (Å²) in [6.07, 6.45) is 30.8. The van der Waals surface area contributed by atoms with Gasteiger partial charge in [0.25, 0.3) is 0 Å². The molecule has 3 N–H and O–H groups in total. The van der Waals surface area contributed by atoms with Crippen LogP contribution in [-0.4, -0.2) is 53.3 Å². The SMILES string of the molecule is CCCCCCCCCCCCC/C=C/[C@H](O)[C@@H](CO)NC1=C(C=CC2=[N+](C)c3ccccc3C2(C)C)CCCC1=CC=C1N(C)c2ccccc2C1(C)C. The number of rotatable bonds is 20. The van der Waals surface area contributed by atoms with Gasteiger partial charge < -0.3 is 20.4 Å². The monoisotopic (exact) mass is 747 g/mol. The van der Waals surface area contributed by atoms with Gasteiger partial charge in [-0.2, -0.15) is 4.58 Å². The summed E-state index contributed by atoms with van der Waals surface area (Å²) in [7, 11) is 4.33. The number of fused-ring (bicyclic) bond motifs is 2. The number of allylic oxidation sites excluding steroid dienone is 8. The van der Waals surface area contributed by atoms with Crippen molar-refractivity contribution >= 4 is 17.1 Å². The number of hydrogen-bond acceptors (Lipinski definition) is 4. The highest BCUT2D eigenvalue weighted by molar-refractivity contribution is 6.03. The van der Waals surface area contributed by atoms with E-state index in [1.165, 1.54) is 109 Å². The number of para-hydroxylation sites is 2. The Labute approximate surface area is 334 Å². The summed E-state index contributed by atoms with van der Waals surface area (Å²) >= 11 is 0. The minimum atomic E-state index is -0.796. The van der Waals surface area contributed by atoms with E-state index in [4.69, 9.17) is 0 Å². The molecule has 2 aromatic carbocycles. The summed E-state index contributed by atoms with van der Waals surface area (Å²) in [5.74, 6) is 0. The fourth-order valence-electron chi connectivity index (χ4n) is 9.13. The highest BCUT2D eigenvalue weighted by Crippen LogP contribution is 2.47. The van der Waals surface area contributed by atoms with Crippen LogP contribution in [0.2, 0.25) is 0 Å². The number of likely N-dealkylation sites (N-methyl/N-ethyl adjacent to an activating group) is 1. The molecule has 2 heterocycles. The first-order chi connectivity index (χ1) is 26.5. The van der Waals surface area contributed by atoms with Crippen LogP contribution in [0, 0.1) is 0 Å². The maximum absolute atomic E-state index is 11.4. The Morgan fingerprint density at radius 3 is 2.09 bits per heavy atom. The van der Waals surface area contributed by atoms with Crippen LogP contribution < -0.4 is 10.2 Å². The molecule has 1 aliphatic carbocycles. The molecule has 2 aromatic rings. The molecule has 0 spiro atoms. The summed E-state index contributed by atoms with van der Waals surface area (Å²) in [5.41, 5.74) is 10.9. The molecule has 2 atom stereocenters. The maximum atomic E-state index is 11.4. The van der Waals surface area contributed by atoms with E-state index in [0.717, 1.165) is 37.8 Å². The molecule has 0 amide bonds. The van der Waals surface area contributed by atoms with Gasteiger partial charge in [0, 0.05) is 47.2 Å². The van der Waals surface area contributed by atoms with E-state index in [2.05, 4.69) is 142 Å². The molecular weight excluding hydrogens is 675 g/mol. The molecule has 0 aromatic heterocycles. The van der Waals surface area contributed by atoms with Crippen LogP contribution in [0.15, 0.2) is 108 Å². The smallest absolute Gasteiger partial charge is 0.209 e. The van der Waals surface area contributed by atoms with Crippen LogP contribution in [0.3, 0.4) is 0 Å². The van der Waals surface area contributed by atoms with Crippen molar-refractivity contribution in [1.29, 1.82) is 0 Å². The summed E-state index contributed by atoms with van der Waals surface area (Å²) in [5, 5.41) is 25.8. The van der Waals surface area contributed by atoms with Crippen molar-refractivity contribution in [3.8, 4) is 0 Å². The predicted octanol–water partition coefficient (Wildman–Crippen LogP) is 11.5. The molecule has 0 bridgehead atoms. The Morgan fingerprint density at radius 2 is 1.44 bits per heavy atom. The van der Waals surface area contributed by atoms with Gasteiger partial charge in [0.05, 0.1) is 24.2 Å². The lowest BCUT2D eigenvalue weighted by Crippen LogP contribution is -2.42. The normalized spacial score (nSPS) is 20.3. The summed E-state index contributed by atoms with van der Waals surface area (Å²) in [6.45, 7) is 11.3. The van der Waals surface area contributed by atoms with Crippen molar-refractivity contribution in [1.82, 2.24) is 5.32 Å². The number of aliphatic hydroxyl groups excluding tert-OH is 2. The van der Waals surface area contributed by atoms with Gasteiger partial charge in [0.15, 0.2) is 5.71 Å². The van der Waals surface area contributed by atoms with E-state index >= 15 is 0 Å². The van der Waals surface area contributed by atoms with Gasteiger partial charge in [-0.25, -0.2) is 0 Å². The molecule has 5 heteroatoms. The summed E-state index contributed by atoms with van der Waals surface area (Å²) in [6, 6.07) is 16.9. The van der Waals surface area contributed by atoms with Crippen LogP contribution >= 0.6 is 0 Å². The molecule has 5 rings (SSSR count). The molecule has 298 valence electrons. The Kier molecular flexibility index (Phi) is 15.4. The predicted molar refractivity (Wildman–Crippen MR) is 235 cm³/mol. The second-order valence-electron chi connectivity index (χ2n) is 17.3.